The lowest BCUT2D eigenvalue weighted by molar-refractivity contribution is -0.129. The van der Waals surface area contributed by atoms with Crippen molar-refractivity contribution in [1.29, 1.82) is 0 Å². The fourth-order valence-corrected chi connectivity index (χ4v) is 8.58. The van der Waals surface area contributed by atoms with E-state index in [0.29, 0.717) is 5.39 Å². The van der Waals surface area contributed by atoms with Gasteiger partial charge in [0.25, 0.3) is 5.56 Å². The summed E-state index contributed by atoms with van der Waals surface area (Å²) in [5, 5.41) is 9.53. The monoisotopic (exact) mass is 449 g/mol. The van der Waals surface area contributed by atoms with Gasteiger partial charge in [-0.2, -0.15) is 5.10 Å². The van der Waals surface area contributed by atoms with Gasteiger partial charge in [-0.3, -0.25) is 9.59 Å². The Morgan fingerprint density at radius 2 is 1.75 bits per heavy atom. The highest BCUT2D eigenvalue weighted by molar-refractivity contribution is 7.26. The summed E-state index contributed by atoms with van der Waals surface area (Å²) in [4.78, 5) is 26.8. The number of nitrogens with zero attached hydrogens (tertiary/aromatic N) is 2. The summed E-state index contributed by atoms with van der Waals surface area (Å²) in [5.41, 5.74) is 0.870. The minimum Gasteiger partial charge on any atom is -0.351 e. The SMILES string of the molecule is Cc1nn([C@@H](C)C(=O)N[C@H](C)C23CC4CC(CC(C4)C2)C3)c(=O)c2c1sc1ccccc12. The summed E-state index contributed by atoms with van der Waals surface area (Å²) < 4.78 is 3.40. The van der Waals surface area contributed by atoms with Crippen LogP contribution in [0.1, 0.15) is 64.1 Å². The zero-order valence-corrected chi connectivity index (χ0v) is 19.9. The Bertz CT molecular complexity index is 1250. The number of carbonyl (C=O) groups is 1. The molecule has 6 heteroatoms. The van der Waals surface area contributed by atoms with Crippen molar-refractivity contribution in [2.75, 3.05) is 0 Å². The van der Waals surface area contributed by atoms with E-state index >= 15 is 0 Å². The number of benzene rings is 1. The van der Waals surface area contributed by atoms with Crippen LogP contribution in [-0.2, 0) is 4.79 Å². The van der Waals surface area contributed by atoms with Crippen molar-refractivity contribution in [3.05, 3.63) is 40.3 Å². The van der Waals surface area contributed by atoms with Crippen LogP contribution in [-0.4, -0.2) is 21.7 Å². The fourth-order valence-electron chi connectivity index (χ4n) is 7.45. The highest BCUT2D eigenvalue weighted by Crippen LogP contribution is 2.61. The van der Waals surface area contributed by atoms with E-state index in [4.69, 9.17) is 0 Å². The number of thiophene rings is 1. The van der Waals surface area contributed by atoms with Gasteiger partial charge in [0.15, 0.2) is 0 Å². The second-order valence-electron chi connectivity index (χ2n) is 10.8. The summed E-state index contributed by atoms with van der Waals surface area (Å²) in [6, 6.07) is 7.46. The summed E-state index contributed by atoms with van der Waals surface area (Å²) in [5.74, 6) is 2.44. The second-order valence-corrected chi connectivity index (χ2v) is 11.9. The molecule has 168 valence electrons. The van der Waals surface area contributed by atoms with Crippen molar-refractivity contribution < 1.29 is 4.79 Å². The molecule has 0 aliphatic heterocycles. The predicted octanol–water partition coefficient (Wildman–Crippen LogP) is 5.20. The van der Waals surface area contributed by atoms with Crippen molar-refractivity contribution in [2.24, 2.45) is 23.2 Å². The lowest BCUT2D eigenvalue weighted by atomic mass is 9.48. The zero-order valence-electron chi connectivity index (χ0n) is 19.1. The van der Waals surface area contributed by atoms with Crippen LogP contribution in [0.5, 0.6) is 0 Å². The minimum absolute atomic E-state index is 0.0962. The van der Waals surface area contributed by atoms with Crippen LogP contribution in [0.4, 0.5) is 0 Å². The predicted molar refractivity (Wildman–Crippen MR) is 129 cm³/mol. The van der Waals surface area contributed by atoms with Gasteiger partial charge in [-0.15, -0.1) is 11.3 Å². The van der Waals surface area contributed by atoms with Gasteiger partial charge in [-0.25, -0.2) is 4.68 Å². The van der Waals surface area contributed by atoms with Crippen LogP contribution in [0, 0.1) is 30.1 Å². The van der Waals surface area contributed by atoms with E-state index in [1.807, 2.05) is 31.2 Å². The molecule has 4 saturated carbocycles. The Balaban J connectivity index is 1.30. The lowest BCUT2D eigenvalue weighted by Gasteiger charge is -2.59. The molecule has 1 N–H and O–H groups in total. The molecule has 0 saturated heterocycles. The van der Waals surface area contributed by atoms with Gasteiger partial charge in [0.2, 0.25) is 5.91 Å². The van der Waals surface area contributed by atoms with Crippen molar-refractivity contribution in [3.8, 4) is 0 Å². The van der Waals surface area contributed by atoms with Crippen LogP contribution >= 0.6 is 11.3 Å². The summed E-state index contributed by atoms with van der Waals surface area (Å²) >= 11 is 1.60. The number of hydrogen-bond acceptors (Lipinski definition) is 4. The Hall–Kier alpha value is -2.21. The Morgan fingerprint density at radius 1 is 1.12 bits per heavy atom. The molecule has 3 aromatic rings. The van der Waals surface area contributed by atoms with E-state index < -0.39 is 6.04 Å². The van der Waals surface area contributed by atoms with E-state index in [1.54, 1.807) is 18.3 Å². The van der Waals surface area contributed by atoms with Gasteiger partial charge >= 0.3 is 0 Å². The van der Waals surface area contributed by atoms with E-state index in [9.17, 15) is 9.59 Å². The van der Waals surface area contributed by atoms with Crippen molar-refractivity contribution in [1.82, 2.24) is 15.1 Å². The Labute approximate surface area is 192 Å². The molecule has 4 aliphatic carbocycles. The fraction of sp³-hybridized carbons (Fsp3) is 0.577. The smallest absolute Gasteiger partial charge is 0.276 e. The average Bonchev–Trinajstić information content (AvgIpc) is 3.15. The first-order valence-electron chi connectivity index (χ1n) is 12.1. The molecule has 2 atom stereocenters. The van der Waals surface area contributed by atoms with E-state index in [1.165, 1.54) is 43.2 Å². The third kappa shape index (κ3) is 2.98. The molecular weight excluding hydrogens is 418 g/mol. The highest BCUT2D eigenvalue weighted by Gasteiger charge is 2.53. The summed E-state index contributed by atoms with van der Waals surface area (Å²) in [6.07, 6.45) is 7.92. The molecule has 0 unspecified atom stereocenters. The number of nitrogens with one attached hydrogen (secondary N) is 1. The van der Waals surface area contributed by atoms with Crippen molar-refractivity contribution in [2.45, 2.75) is 71.4 Å². The first kappa shape index (κ1) is 20.4. The number of hydrogen-bond donors (Lipinski definition) is 1. The zero-order chi connectivity index (χ0) is 22.2. The molecule has 1 aromatic carbocycles. The first-order valence-corrected chi connectivity index (χ1v) is 12.9. The molecule has 7 rings (SSSR count). The Kier molecular flexibility index (Phi) is 4.55. The number of fused-ring (bicyclic) bond motifs is 3. The molecular formula is C26H31N3O2S. The van der Waals surface area contributed by atoms with E-state index in [0.717, 1.165) is 38.2 Å². The third-order valence-electron chi connectivity index (χ3n) is 8.71. The molecule has 32 heavy (non-hydrogen) atoms. The second kappa shape index (κ2) is 7.14. The minimum atomic E-state index is -0.638. The van der Waals surface area contributed by atoms with Crippen molar-refractivity contribution in [3.63, 3.8) is 0 Å². The summed E-state index contributed by atoms with van der Waals surface area (Å²) in [6.45, 7) is 5.92. The maximum atomic E-state index is 13.4. The van der Waals surface area contributed by atoms with Gasteiger partial charge in [-0.1, -0.05) is 18.2 Å². The van der Waals surface area contributed by atoms with Crippen LogP contribution < -0.4 is 10.9 Å². The third-order valence-corrected chi connectivity index (χ3v) is 9.99. The lowest BCUT2D eigenvalue weighted by Crippen LogP contribution is -2.56. The molecule has 0 radical (unpaired) electrons. The maximum absolute atomic E-state index is 13.4. The highest BCUT2D eigenvalue weighted by atomic mass is 32.1. The van der Waals surface area contributed by atoms with Gasteiger partial charge in [-0.05, 0) is 88.5 Å². The molecule has 1 amide bonds. The van der Waals surface area contributed by atoms with Gasteiger partial charge in [0.05, 0.1) is 15.8 Å². The topological polar surface area (TPSA) is 64.0 Å². The molecule has 0 spiro atoms. The summed E-state index contributed by atoms with van der Waals surface area (Å²) in [7, 11) is 0. The van der Waals surface area contributed by atoms with Crippen LogP contribution in [0.15, 0.2) is 29.1 Å². The first-order chi connectivity index (χ1) is 15.3. The molecule has 4 fully saturated rings. The van der Waals surface area contributed by atoms with Gasteiger partial charge < -0.3 is 5.32 Å². The maximum Gasteiger partial charge on any atom is 0.276 e. The number of rotatable bonds is 4. The molecule has 2 aromatic heterocycles. The van der Waals surface area contributed by atoms with E-state index in [2.05, 4.69) is 17.3 Å². The number of aromatic nitrogens is 2. The normalized spacial score (nSPS) is 30.7. The van der Waals surface area contributed by atoms with Gasteiger partial charge in [0.1, 0.15) is 6.04 Å². The Morgan fingerprint density at radius 3 is 2.41 bits per heavy atom. The molecule has 4 aliphatic rings. The standard InChI is InChI=1S/C26H31N3O2S/c1-14-23-22(20-6-4-5-7-21(20)32-23)25(31)29(28-14)15(2)24(30)27-16(3)26-11-17-8-18(12-26)10-19(9-17)13-26/h4-7,15-19H,8-13H2,1-3H3,(H,27,30)/t15-,16+,17?,18?,19?,26?/m0/s1. The van der Waals surface area contributed by atoms with Crippen molar-refractivity contribution >= 4 is 37.4 Å². The van der Waals surface area contributed by atoms with Gasteiger partial charge in [0, 0.05) is 16.1 Å². The van der Waals surface area contributed by atoms with Crippen LogP contribution in [0.2, 0.25) is 0 Å². The number of aryl methyl sites for hydroxylation is 1. The molecule has 2 heterocycles. The van der Waals surface area contributed by atoms with Crippen LogP contribution in [0.25, 0.3) is 20.2 Å². The van der Waals surface area contributed by atoms with E-state index in [-0.39, 0.29) is 22.9 Å². The quantitative estimate of drug-likeness (QED) is 0.595. The molecule has 4 bridgehead atoms. The van der Waals surface area contributed by atoms with Crippen LogP contribution in [0.3, 0.4) is 0 Å². The largest absolute Gasteiger partial charge is 0.351 e. The average molecular weight is 450 g/mol. The number of amides is 1. The molecule has 5 nitrogen and oxygen atoms in total. The number of carbonyl (C=O) groups excluding carboxylic acids is 1.